The molecule has 1 aromatic carbocycles. The van der Waals surface area contributed by atoms with Gasteiger partial charge in [0, 0.05) is 5.02 Å². The molecule has 1 atom stereocenters. The molecule has 0 spiro atoms. The average molecular weight is 286 g/mol. The Morgan fingerprint density at radius 1 is 1.47 bits per heavy atom. The maximum atomic E-state index is 10.4. The van der Waals surface area contributed by atoms with Gasteiger partial charge in [0.15, 0.2) is 5.58 Å². The summed E-state index contributed by atoms with van der Waals surface area (Å²) in [6.07, 6.45) is -0.880. The number of carbonyl (C=O) groups is 1. The van der Waals surface area contributed by atoms with Gasteiger partial charge in [-0.25, -0.2) is 4.79 Å². The Kier molecular flexibility index (Phi) is 4.08. The normalized spacial score (nSPS) is 12.3. The van der Waals surface area contributed by atoms with Crippen LogP contribution in [0.25, 0.3) is 11.0 Å². The van der Waals surface area contributed by atoms with Crippen LogP contribution in [0.4, 0.5) is 4.79 Å². The zero-order chi connectivity index (χ0) is 13.8. The van der Waals surface area contributed by atoms with E-state index in [-0.39, 0.29) is 19.1 Å². The van der Waals surface area contributed by atoms with Crippen LogP contribution in [0, 0.1) is 0 Å². The summed E-state index contributed by atoms with van der Waals surface area (Å²) in [5.74, 6) is 0.284. The number of nitrogens with zero attached hydrogens (tertiary/aromatic N) is 1. The minimum atomic E-state index is -0.880. The molecule has 1 amide bonds. The quantitative estimate of drug-likeness (QED) is 0.855. The molecule has 1 heterocycles. The molecular weight excluding hydrogens is 274 g/mol. The summed E-state index contributed by atoms with van der Waals surface area (Å²) in [5, 5.41) is 4.95. The summed E-state index contributed by atoms with van der Waals surface area (Å²) in [7, 11) is 0. The van der Waals surface area contributed by atoms with Crippen molar-refractivity contribution in [1.29, 1.82) is 0 Å². The highest BCUT2D eigenvalue weighted by molar-refractivity contribution is 6.31. The van der Waals surface area contributed by atoms with Gasteiger partial charge in [-0.05, 0) is 23.4 Å². The Morgan fingerprint density at radius 2 is 2.26 bits per heavy atom. The fourth-order valence-corrected chi connectivity index (χ4v) is 1.59. The van der Waals surface area contributed by atoms with Crippen molar-refractivity contribution >= 4 is 28.7 Å². The lowest BCUT2D eigenvalue weighted by Gasteiger charge is -2.10. The van der Waals surface area contributed by atoms with Crippen molar-refractivity contribution in [2.75, 3.05) is 13.2 Å². The number of ether oxygens (including phenoxy) is 2. The fourth-order valence-electron chi connectivity index (χ4n) is 1.42. The topological polar surface area (TPSA) is 114 Å². The largest absolute Gasteiger partial charge is 0.473 e. The van der Waals surface area contributed by atoms with Crippen LogP contribution >= 0.6 is 11.6 Å². The van der Waals surface area contributed by atoms with Crippen molar-refractivity contribution in [3.05, 3.63) is 23.2 Å². The molecule has 0 radical (unpaired) electrons. The molecule has 0 saturated carbocycles. The van der Waals surface area contributed by atoms with Crippen molar-refractivity contribution in [2.24, 2.45) is 11.5 Å². The van der Waals surface area contributed by atoms with E-state index in [0.29, 0.717) is 16.0 Å². The first-order chi connectivity index (χ1) is 9.06. The second kappa shape index (κ2) is 5.77. The van der Waals surface area contributed by atoms with Crippen LogP contribution in [0.3, 0.4) is 0 Å². The van der Waals surface area contributed by atoms with Crippen molar-refractivity contribution in [1.82, 2.24) is 5.16 Å². The summed E-state index contributed by atoms with van der Waals surface area (Å²) < 4.78 is 15.0. The number of primary amides is 1. The van der Waals surface area contributed by atoms with Gasteiger partial charge in [0.25, 0.3) is 5.88 Å². The number of rotatable bonds is 5. The van der Waals surface area contributed by atoms with E-state index >= 15 is 0 Å². The third kappa shape index (κ3) is 3.49. The van der Waals surface area contributed by atoms with E-state index in [4.69, 9.17) is 32.3 Å². The molecule has 19 heavy (non-hydrogen) atoms. The monoisotopic (exact) mass is 285 g/mol. The Bertz CT molecular complexity index is 586. The lowest BCUT2D eigenvalue weighted by atomic mass is 10.2. The van der Waals surface area contributed by atoms with E-state index in [9.17, 15) is 4.79 Å². The molecule has 8 heteroatoms. The van der Waals surface area contributed by atoms with Crippen LogP contribution in [0.2, 0.25) is 5.02 Å². The Labute approximate surface area is 113 Å². The number of aromatic nitrogens is 1. The third-order valence-corrected chi connectivity index (χ3v) is 2.51. The van der Waals surface area contributed by atoms with Crippen LogP contribution in [0.15, 0.2) is 22.7 Å². The highest BCUT2D eigenvalue weighted by atomic mass is 35.5. The zero-order valence-corrected chi connectivity index (χ0v) is 10.6. The van der Waals surface area contributed by atoms with E-state index in [0.717, 1.165) is 0 Å². The van der Waals surface area contributed by atoms with Crippen molar-refractivity contribution in [3.8, 4) is 5.88 Å². The number of fused-ring (bicyclic) bond motifs is 1. The maximum absolute atomic E-state index is 10.4. The van der Waals surface area contributed by atoms with Gasteiger partial charge >= 0.3 is 6.09 Å². The number of carbonyl (C=O) groups excluding carboxylic acids is 1. The molecule has 7 nitrogen and oxygen atoms in total. The molecule has 0 fully saturated rings. The first-order valence-electron chi connectivity index (χ1n) is 5.42. The summed E-state index contributed by atoms with van der Waals surface area (Å²) >= 11 is 5.87. The van der Waals surface area contributed by atoms with Gasteiger partial charge < -0.3 is 25.5 Å². The van der Waals surface area contributed by atoms with Gasteiger partial charge in [0.05, 0.1) is 11.4 Å². The van der Waals surface area contributed by atoms with Crippen LogP contribution in [-0.4, -0.2) is 30.5 Å². The molecule has 0 aliphatic carbocycles. The second-order valence-corrected chi connectivity index (χ2v) is 4.27. The van der Waals surface area contributed by atoms with Gasteiger partial charge in [-0.15, -0.1) is 0 Å². The van der Waals surface area contributed by atoms with Crippen molar-refractivity contribution in [3.63, 3.8) is 0 Å². The first-order valence-corrected chi connectivity index (χ1v) is 5.79. The number of nitrogens with two attached hydrogens (primary N) is 2. The Hall–Kier alpha value is -1.99. The number of benzene rings is 1. The summed E-state index contributed by atoms with van der Waals surface area (Å²) in [5.41, 5.74) is 11.1. The van der Waals surface area contributed by atoms with Gasteiger partial charge in [-0.3, -0.25) is 0 Å². The molecule has 1 aromatic heterocycles. The van der Waals surface area contributed by atoms with Gasteiger partial charge in [0.1, 0.15) is 13.2 Å². The van der Waals surface area contributed by atoms with Crippen LogP contribution in [-0.2, 0) is 4.74 Å². The minimum absolute atomic E-state index is 0.0358. The smallest absolute Gasteiger partial charge is 0.404 e. The van der Waals surface area contributed by atoms with E-state index in [1.807, 2.05) is 0 Å². The van der Waals surface area contributed by atoms with Crippen molar-refractivity contribution < 1.29 is 18.8 Å². The van der Waals surface area contributed by atoms with Crippen LogP contribution in [0.5, 0.6) is 5.88 Å². The standard InChI is InChI=1S/C11H12ClN3O4/c12-6-1-2-9-8(3-6)10(15-19-9)17-4-7(13)5-18-11(14)16/h1-3,7H,4-5,13H2,(H2,14,16). The molecule has 0 bridgehead atoms. The van der Waals surface area contributed by atoms with E-state index in [1.54, 1.807) is 18.2 Å². The fraction of sp³-hybridized carbons (Fsp3) is 0.273. The predicted molar refractivity (Wildman–Crippen MR) is 68.0 cm³/mol. The van der Waals surface area contributed by atoms with E-state index < -0.39 is 12.1 Å². The zero-order valence-electron chi connectivity index (χ0n) is 9.84. The van der Waals surface area contributed by atoms with Gasteiger partial charge in [0.2, 0.25) is 0 Å². The van der Waals surface area contributed by atoms with E-state index in [1.165, 1.54) is 0 Å². The van der Waals surface area contributed by atoms with Crippen molar-refractivity contribution in [2.45, 2.75) is 6.04 Å². The molecular formula is C11H12ClN3O4. The summed E-state index contributed by atoms with van der Waals surface area (Å²) in [6.45, 7) is 0.0628. The van der Waals surface area contributed by atoms with Gasteiger partial charge in [-0.2, -0.15) is 0 Å². The predicted octanol–water partition coefficient (Wildman–Crippen LogP) is 1.28. The molecule has 0 aliphatic heterocycles. The van der Waals surface area contributed by atoms with Crippen LogP contribution in [0.1, 0.15) is 0 Å². The van der Waals surface area contributed by atoms with E-state index in [2.05, 4.69) is 9.89 Å². The summed E-state index contributed by atoms with van der Waals surface area (Å²) in [4.78, 5) is 10.4. The number of halogens is 1. The molecule has 0 aliphatic rings. The second-order valence-electron chi connectivity index (χ2n) is 3.83. The number of hydrogen-bond acceptors (Lipinski definition) is 6. The molecule has 102 valence electrons. The number of amides is 1. The minimum Gasteiger partial charge on any atom is -0.473 e. The SMILES string of the molecule is NC(=O)OCC(N)COc1noc2ccc(Cl)cc12. The maximum Gasteiger partial charge on any atom is 0.404 e. The third-order valence-electron chi connectivity index (χ3n) is 2.27. The highest BCUT2D eigenvalue weighted by Gasteiger charge is 2.12. The molecule has 0 saturated heterocycles. The van der Waals surface area contributed by atoms with Crippen LogP contribution < -0.4 is 16.2 Å². The Morgan fingerprint density at radius 3 is 3.00 bits per heavy atom. The lowest BCUT2D eigenvalue weighted by molar-refractivity contribution is 0.136. The highest BCUT2D eigenvalue weighted by Crippen LogP contribution is 2.27. The number of hydrogen-bond donors (Lipinski definition) is 2. The average Bonchev–Trinajstić information content (AvgIpc) is 2.76. The Balaban J connectivity index is 1.98. The van der Waals surface area contributed by atoms with Gasteiger partial charge in [-0.1, -0.05) is 11.6 Å². The summed E-state index contributed by atoms with van der Waals surface area (Å²) in [6, 6.07) is 4.53. The molecule has 4 N–H and O–H groups in total. The lowest BCUT2D eigenvalue weighted by Crippen LogP contribution is -2.34. The molecule has 2 rings (SSSR count). The molecule has 2 aromatic rings. The molecule has 1 unspecified atom stereocenters. The first kappa shape index (κ1) is 13.4.